The summed E-state index contributed by atoms with van der Waals surface area (Å²) in [6.45, 7) is 10.7. The van der Waals surface area contributed by atoms with E-state index in [4.69, 9.17) is 23.2 Å². The minimum atomic E-state index is -1.36. The molecule has 52 heavy (non-hydrogen) atoms. The first kappa shape index (κ1) is 39.7. The van der Waals surface area contributed by atoms with E-state index in [1.54, 1.807) is 36.4 Å². The molecule has 4 rings (SSSR count). The summed E-state index contributed by atoms with van der Waals surface area (Å²) in [6.07, 6.45) is 3.22. The predicted octanol–water partition coefficient (Wildman–Crippen LogP) is 10.3. The number of azo groups is 2. The molecule has 0 aliphatic heterocycles. The summed E-state index contributed by atoms with van der Waals surface area (Å²) in [4.78, 5) is 50.9. The summed E-state index contributed by atoms with van der Waals surface area (Å²) in [5, 5.41) is 22.4. The number of benzene rings is 4. The SMILES string of the molecule is CCc1cc(CC)cc(NC(=O)C(N=Nc2ccc(-c3ccc(N=NC(C(C)=O)C(=O)Nc4cc(CC)cc(CC)c4)c(Cl)c3)cc2Cl)C(C)=O)c1. The van der Waals surface area contributed by atoms with E-state index in [1.807, 2.05) is 52.0 Å². The third-order valence-corrected chi connectivity index (χ3v) is 8.94. The van der Waals surface area contributed by atoms with Crippen molar-refractivity contribution in [3.05, 3.63) is 105 Å². The average molecular weight is 742 g/mol. The smallest absolute Gasteiger partial charge is 0.258 e. The van der Waals surface area contributed by atoms with Crippen molar-refractivity contribution >= 4 is 69.3 Å². The molecule has 0 fully saturated rings. The zero-order valence-electron chi connectivity index (χ0n) is 30.1. The average Bonchev–Trinajstić information content (AvgIpc) is 3.12. The molecule has 0 aliphatic rings. The summed E-state index contributed by atoms with van der Waals surface area (Å²) < 4.78 is 0. The Hall–Kier alpha value is -5.06. The minimum Gasteiger partial charge on any atom is -0.324 e. The molecule has 0 radical (unpaired) electrons. The van der Waals surface area contributed by atoms with E-state index in [2.05, 4.69) is 43.2 Å². The van der Waals surface area contributed by atoms with E-state index < -0.39 is 35.5 Å². The number of ketones is 2. The van der Waals surface area contributed by atoms with Gasteiger partial charge in [0.05, 0.1) is 10.0 Å². The molecule has 2 amide bonds. The van der Waals surface area contributed by atoms with Crippen molar-refractivity contribution in [2.24, 2.45) is 20.5 Å². The fraction of sp³-hybridized carbons (Fsp3) is 0.300. The number of carbonyl (C=O) groups excluding carboxylic acids is 4. The summed E-state index contributed by atoms with van der Waals surface area (Å²) in [5.74, 6) is -2.11. The number of Topliss-reactive ketones (excluding diaryl/α,β-unsaturated/α-hetero) is 2. The van der Waals surface area contributed by atoms with Gasteiger partial charge in [-0.15, -0.1) is 0 Å². The van der Waals surface area contributed by atoms with Gasteiger partial charge in [0.1, 0.15) is 11.4 Å². The van der Waals surface area contributed by atoms with E-state index in [-0.39, 0.29) is 21.4 Å². The second kappa shape index (κ2) is 18.4. The van der Waals surface area contributed by atoms with E-state index in [1.165, 1.54) is 13.8 Å². The van der Waals surface area contributed by atoms with E-state index in [9.17, 15) is 19.2 Å². The van der Waals surface area contributed by atoms with Crippen LogP contribution in [-0.2, 0) is 44.9 Å². The number of anilines is 2. The molecule has 0 spiro atoms. The molecule has 270 valence electrons. The first-order valence-electron chi connectivity index (χ1n) is 17.1. The molecule has 0 saturated carbocycles. The van der Waals surface area contributed by atoms with Crippen molar-refractivity contribution in [3.63, 3.8) is 0 Å². The van der Waals surface area contributed by atoms with Crippen LogP contribution in [0.15, 0.2) is 93.3 Å². The van der Waals surface area contributed by atoms with Crippen molar-refractivity contribution in [1.82, 2.24) is 0 Å². The van der Waals surface area contributed by atoms with Crippen LogP contribution >= 0.6 is 23.2 Å². The number of halogens is 2. The summed E-state index contributed by atoms with van der Waals surface area (Å²) in [7, 11) is 0. The van der Waals surface area contributed by atoms with Gasteiger partial charge in [-0.25, -0.2) is 0 Å². The molecule has 0 saturated heterocycles. The van der Waals surface area contributed by atoms with Gasteiger partial charge in [-0.3, -0.25) is 19.2 Å². The third-order valence-electron chi connectivity index (χ3n) is 8.33. The second-order valence-corrected chi connectivity index (χ2v) is 13.1. The van der Waals surface area contributed by atoms with Gasteiger partial charge in [0.15, 0.2) is 11.6 Å². The van der Waals surface area contributed by atoms with Crippen LogP contribution in [0.2, 0.25) is 10.0 Å². The van der Waals surface area contributed by atoms with Gasteiger partial charge in [-0.2, -0.15) is 20.5 Å². The molecule has 4 aromatic carbocycles. The Morgan fingerprint density at radius 2 is 0.865 bits per heavy atom. The molecule has 12 heteroatoms. The van der Waals surface area contributed by atoms with Crippen LogP contribution in [0.25, 0.3) is 11.1 Å². The number of nitrogens with zero attached hydrogens (tertiary/aromatic N) is 4. The lowest BCUT2D eigenvalue weighted by atomic mass is 10.0. The molecule has 10 nitrogen and oxygen atoms in total. The standard InChI is InChI=1S/C40H42Cl2N6O4/c1-7-25-15-26(8-2)18-31(17-25)43-39(51)37(23(5)49)47-45-35-13-11-29(21-33(35)41)30-12-14-36(34(42)22-30)46-48-38(24(6)50)40(52)44-32-19-27(9-3)16-28(10-4)20-32/h11-22,37-38H,7-10H2,1-6H3,(H,43,51)(H,44,52). The number of aryl methyl sites for hydroxylation is 4. The molecular weight excluding hydrogens is 699 g/mol. The van der Waals surface area contributed by atoms with E-state index in [0.717, 1.165) is 47.9 Å². The number of amides is 2. The topological polar surface area (TPSA) is 142 Å². The monoisotopic (exact) mass is 740 g/mol. The lowest BCUT2D eigenvalue weighted by Crippen LogP contribution is -2.31. The fourth-order valence-electron chi connectivity index (χ4n) is 5.32. The predicted molar refractivity (Wildman–Crippen MR) is 208 cm³/mol. The van der Waals surface area contributed by atoms with Crippen LogP contribution < -0.4 is 10.6 Å². The number of hydrogen-bond donors (Lipinski definition) is 2. The summed E-state index contributed by atoms with van der Waals surface area (Å²) in [6, 6.07) is 19.0. The van der Waals surface area contributed by atoms with Gasteiger partial charge in [0.2, 0.25) is 12.1 Å². The highest BCUT2D eigenvalue weighted by Crippen LogP contribution is 2.35. The number of rotatable bonds is 15. The first-order chi connectivity index (χ1) is 24.8. The zero-order valence-corrected chi connectivity index (χ0v) is 31.6. The molecule has 2 atom stereocenters. The van der Waals surface area contributed by atoms with Gasteiger partial charge >= 0.3 is 0 Å². The van der Waals surface area contributed by atoms with Gasteiger partial charge in [-0.05, 0) is 121 Å². The lowest BCUT2D eigenvalue weighted by molar-refractivity contribution is -0.127. The number of hydrogen-bond acceptors (Lipinski definition) is 8. The van der Waals surface area contributed by atoms with Crippen LogP contribution in [0.5, 0.6) is 0 Å². The van der Waals surface area contributed by atoms with Gasteiger partial charge in [0, 0.05) is 11.4 Å². The molecule has 0 aromatic heterocycles. The van der Waals surface area contributed by atoms with E-state index >= 15 is 0 Å². The van der Waals surface area contributed by atoms with Gasteiger partial charge < -0.3 is 10.6 Å². The molecule has 0 heterocycles. The Labute approximate surface area is 314 Å². The quantitative estimate of drug-likeness (QED) is 0.0924. The van der Waals surface area contributed by atoms with Crippen molar-refractivity contribution in [2.75, 3.05) is 10.6 Å². The van der Waals surface area contributed by atoms with Crippen LogP contribution in [-0.4, -0.2) is 35.5 Å². The zero-order chi connectivity index (χ0) is 37.9. The Kier molecular flexibility index (Phi) is 14.1. The summed E-state index contributed by atoms with van der Waals surface area (Å²) >= 11 is 13.1. The lowest BCUT2D eigenvalue weighted by Gasteiger charge is -2.12. The minimum absolute atomic E-state index is 0.234. The van der Waals surface area contributed by atoms with Crippen LogP contribution in [0.3, 0.4) is 0 Å². The maximum Gasteiger partial charge on any atom is 0.258 e. The van der Waals surface area contributed by atoms with E-state index in [0.29, 0.717) is 22.5 Å². The molecule has 4 aromatic rings. The molecule has 0 aliphatic carbocycles. The van der Waals surface area contributed by atoms with Crippen LogP contribution in [0.1, 0.15) is 63.8 Å². The highest BCUT2D eigenvalue weighted by molar-refractivity contribution is 6.34. The van der Waals surface area contributed by atoms with Crippen molar-refractivity contribution < 1.29 is 19.2 Å². The van der Waals surface area contributed by atoms with Gasteiger partial charge in [-0.1, -0.05) is 75.2 Å². The Bertz CT molecular complexity index is 1860. The highest BCUT2D eigenvalue weighted by atomic mass is 35.5. The van der Waals surface area contributed by atoms with Crippen molar-refractivity contribution in [1.29, 1.82) is 0 Å². The molecule has 0 bridgehead atoms. The number of carbonyl (C=O) groups is 4. The maximum absolute atomic E-state index is 13.0. The second-order valence-electron chi connectivity index (χ2n) is 12.3. The Morgan fingerprint density at radius 3 is 1.13 bits per heavy atom. The van der Waals surface area contributed by atoms with Crippen LogP contribution in [0, 0.1) is 0 Å². The molecule has 2 unspecified atom stereocenters. The Balaban J connectivity index is 1.47. The normalized spacial score (nSPS) is 12.5. The number of nitrogens with one attached hydrogen (secondary N) is 2. The van der Waals surface area contributed by atoms with Crippen molar-refractivity contribution in [2.45, 2.75) is 79.3 Å². The molecular formula is C40H42Cl2N6O4. The maximum atomic E-state index is 13.0. The Morgan fingerprint density at radius 1 is 0.538 bits per heavy atom. The van der Waals surface area contributed by atoms with Crippen molar-refractivity contribution in [3.8, 4) is 11.1 Å². The fourth-order valence-corrected chi connectivity index (χ4v) is 5.76. The van der Waals surface area contributed by atoms with Gasteiger partial charge in [0.25, 0.3) is 11.8 Å². The summed E-state index contributed by atoms with van der Waals surface area (Å²) in [5.41, 5.74) is 7.41. The third kappa shape index (κ3) is 10.5. The first-order valence-corrected chi connectivity index (χ1v) is 17.9. The van der Waals surface area contributed by atoms with Crippen LogP contribution in [0.4, 0.5) is 22.7 Å². The highest BCUT2D eigenvalue weighted by Gasteiger charge is 2.25. The molecule has 2 N–H and O–H groups in total. The largest absolute Gasteiger partial charge is 0.324 e.